The minimum atomic E-state index is -4.71. The van der Waals surface area contributed by atoms with E-state index in [2.05, 4.69) is 5.16 Å². The summed E-state index contributed by atoms with van der Waals surface area (Å²) in [6.45, 7) is 0. The van der Waals surface area contributed by atoms with Crippen LogP contribution in [0.3, 0.4) is 0 Å². The number of hydrogen-bond donors (Lipinski definition) is 2. The Morgan fingerprint density at radius 3 is 2.37 bits per heavy atom. The molecule has 104 valence electrons. The van der Waals surface area contributed by atoms with Crippen LogP contribution in [0, 0.1) is 0 Å². The van der Waals surface area contributed by atoms with Crippen LogP contribution in [0.15, 0.2) is 29.4 Å². The minimum absolute atomic E-state index is 0.325. The lowest BCUT2D eigenvalue weighted by Crippen LogP contribution is -2.38. The SMILES string of the molecule is O=C(C/C(=N\O)C(F)(F)C(F)F)c1ccccc1O. The fourth-order valence-corrected chi connectivity index (χ4v) is 1.30. The third-order valence-corrected chi connectivity index (χ3v) is 2.31. The average Bonchev–Trinajstić information content (AvgIpc) is 2.35. The molecule has 1 aromatic rings. The van der Waals surface area contributed by atoms with Crippen LogP contribution in [0.4, 0.5) is 17.6 Å². The highest BCUT2D eigenvalue weighted by molar-refractivity contribution is 6.12. The number of oxime groups is 1. The molecule has 0 saturated heterocycles. The third kappa shape index (κ3) is 3.21. The van der Waals surface area contributed by atoms with Gasteiger partial charge < -0.3 is 10.3 Å². The molecule has 1 rings (SSSR count). The van der Waals surface area contributed by atoms with Gasteiger partial charge in [-0.2, -0.15) is 8.78 Å². The molecule has 8 heteroatoms. The molecule has 0 heterocycles. The zero-order valence-electron chi connectivity index (χ0n) is 9.36. The zero-order chi connectivity index (χ0) is 14.6. The summed E-state index contributed by atoms with van der Waals surface area (Å²) in [4.78, 5) is 11.6. The van der Waals surface area contributed by atoms with Gasteiger partial charge in [0.2, 0.25) is 0 Å². The number of carbonyl (C=O) groups is 1. The summed E-state index contributed by atoms with van der Waals surface area (Å²) in [6.07, 6.45) is -5.33. The fourth-order valence-electron chi connectivity index (χ4n) is 1.30. The number of Topliss-reactive ketones (excluding diaryl/α,β-unsaturated/α-hetero) is 1. The molecular weight excluding hydrogens is 270 g/mol. The van der Waals surface area contributed by atoms with Gasteiger partial charge in [-0.15, -0.1) is 0 Å². The molecule has 0 saturated carbocycles. The van der Waals surface area contributed by atoms with E-state index in [0.717, 1.165) is 12.1 Å². The molecule has 0 aliphatic carbocycles. The van der Waals surface area contributed by atoms with Gasteiger partial charge in [0.25, 0.3) is 0 Å². The summed E-state index contributed by atoms with van der Waals surface area (Å²) < 4.78 is 50.0. The van der Waals surface area contributed by atoms with Gasteiger partial charge in [0.15, 0.2) is 5.78 Å². The van der Waals surface area contributed by atoms with Crippen LogP contribution in [-0.2, 0) is 0 Å². The standard InChI is InChI=1S/C11H9F4NO3/c12-10(13)11(14,15)9(16-19)5-8(18)6-3-1-2-4-7(6)17/h1-4,10,17,19H,5H2/b16-9+. The van der Waals surface area contributed by atoms with Gasteiger partial charge in [0, 0.05) is 0 Å². The molecule has 1 aromatic carbocycles. The Morgan fingerprint density at radius 2 is 1.89 bits per heavy atom. The molecule has 0 unspecified atom stereocenters. The number of phenols is 1. The monoisotopic (exact) mass is 279 g/mol. The molecule has 0 amide bonds. The first-order valence-electron chi connectivity index (χ1n) is 4.99. The molecule has 0 aliphatic heterocycles. The molecule has 0 radical (unpaired) electrons. The largest absolute Gasteiger partial charge is 0.507 e. The lowest BCUT2D eigenvalue weighted by atomic mass is 10.0. The normalized spacial score (nSPS) is 12.8. The summed E-state index contributed by atoms with van der Waals surface area (Å²) in [5, 5.41) is 19.7. The minimum Gasteiger partial charge on any atom is -0.507 e. The Kier molecular flexibility index (Phi) is 4.47. The van der Waals surface area contributed by atoms with E-state index in [4.69, 9.17) is 5.21 Å². The van der Waals surface area contributed by atoms with Crippen LogP contribution in [0.25, 0.3) is 0 Å². The fraction of sp³-hybridized carbons (Fsp3) is 0.273. The van der Waals surface area contributed by atoms with Crippen LogP contribution >= 0.6 is 0 Å². The van der Waals surface area contributed by atoms with Crippen molar-refractivity contribution >= 4 is 11.5 Å². The molecule has 0 atom stereocenters. The summed E-state index contributed by atoms with van der Waals surface area (Å²) in [5.41, 5.74) is -1.98. The number of nitrogens with zero attached hydrogens (tertiary/aromatic N) is 1. The summed E-state index contributed by atoms with van der Waals surface area (Å²) in [7, 11) is 0. The van der Waals surface area contributed by atoms with E-state index < -0.39 is 36.0 Å². The van der Waals surface area contributed by atoms with E-state index in [1.165, 1.54) is 12.1 Å². The number of alkyl halides is 4. The van der Waals surface area contributed by atoms with Gasteiger partial charge in [0.05, 0.1) is 12.0 Å². The Balaban J connectivity index is 2.96. The molecule has 4 nitrogen and oxygen atoms in total. The van der Waals surface area contributed by atoms with E-state index in [0.29, 0.717) is 0 Å². The number of carbonyl (C=O) groups excluding carboxylic acids is 1. The number of ketones is 1. The Bertz CT molecular complexity index is 502. The summed E-state index contributed by atoms with van der Waals surface area (Å²) in [5.74, 6) is -6.26. The molecule has 19 heavy (non-hydrogen) atoms. The van der Waals surface area contributed by atoms with Gasteiger partial charge in [-0.25, -0.2) is 8.78 Å². The number of para-hydroxylation sites is 1. The van der Waals surface area contributed by atoms with Crippen molar-refractivity contribution in [3.8, 4) is 5.75 Å². The highest BCUT2D eigenvalue weighted by Gasteiger charge is 2.47. The van der Waals surface area contributed by atoms with Crippen molar-refractivity contribution in [3.63, 3.8) is 0 Å². The van der Waals surface area contributed by atoms with E-state index in [9.17, 15) is 27.5 Å². The lowest BCUT2D eigenvalue weighted by molar-refractivity contribution is -0.0774. The van der Waals surface area contributed by atoms with Gasteiger partial charge in [-0.05, 0) is 12.1 Å². The number of benzene rings is 1. The molecule has 0 aliphatic rings. The topological polar surface area (TPSA) is 69.9 Å². The molecule has 0 spiro atoms. The number of halogens is 4. The maximum atomic E-state index is 12.9. The molecular formula is C11H9F4NO3. The second-order valence-corrected chi connectivity index (χ2v) is 3.59. The first-order chi connectivity index (χ1) is 8.80. The quantitative estimate of drug-likeness (QED) is 0.286. The number of rotatable bonds is 5. The molecule has 2 N–H and O–H groups in total. The average molecular weight is 279 g/mol. The van der Waals surface area contributed by atoms with Crippen molar-refractivity contribution in [1.29, 1.82) is 0 Å². The van der Waals surface area contributed by atoms with Crippen molar-refractivity contribution < 1.29 is 32.7 Å². The molecule has 0 aromatic heterocycles. The van der Waals surface area contributed by atoms with Crippen molar-refractivity contribution in [2.75, 3.05) is 0 Å². The summed E-state index contributed by atoms with van der Waals surface area (Å²) >= 11 is 0. The Morgan fingerprint density at radius 1 is 1.32 bits per heavy atom. The van der Waals surface area contributed by atoms with E-state index in [1.54, 1.807) is 0 Å². The van der Waals surface area contributed by atoms with Crippen molar-refractivity contribution in [2.45, 2.75) is 18.8 Å². The summed E-state index contributed by atoms with van der Waals surface area (Å²) in [6, 6.07) is 5.01. The van der Waals surface area contributed by atoms with Crippen molar-refractivity contribution in [2.24, 2.45) is 5.16 Å². The zero-order valence-corrected chi connectivity index (χ0v) is 9.36. The maximum absolute atomic E-state index is 12.9. The first-order valence-corrected chi connectivity index (χ1v) is 4.99. The smallest absolute Gasteiger partial charge is 0.348 e. The highest BCUT2D eigenvalue weighted by atomic mass is 19.3. The van der Waals surface area contributed by atoms with Crippen LogP contribution in [0.1, 0.15) is 16.8 Å². The Labute approximate surface area is 105 Å². The van der Waals surface area contributed by atoms with Gasteiger partial charge in [0.1, 0.15) is 11.5 Å². The van der Waals surface area contributed by atoms with Gasteiger partial charge in [-0.1, -0.05) is 17.3 Å². The van der Waals surface area contributed by atoms with E-state index in [1.807, 2.05) is 0 Å². The third-order valence-electron chi connectivity index (χ3n) is 2.31. The number of phenolic OH excluding ortho intramolecular Hbond substituents is 1. The van der Waals surface area contributed by atoms with Crippen molar-refractivity contribution in [1.82, 2.24) is 0 Å². The number of hydrogen-bond acceptors (Lipinski definition) is 4. The molecule has 0 bridgehead atoms. The van der Waals surface area contributed by atoms with E-state index in [-0.39, 0.29) is 5.56 Å². The highest BCUT2D eigenvalue weighted by Crippen LogP contribution is 2.28. The van der Waals surface area contributed by atoms with Crippen LogP contribution < -0.4 is 0 Å². The van der Waals surface area contributed by atoms with Crippen molar-refractivity contribution in [3.05, 3.63) is 29.8 Å². The first kappa shape index (κ1) is 14.9. The second kappa shape index (κ2) is 5.68. The predicted molar refractivity (Wildman–Crippen MR) is 57.2 cm³/mol. The van der Waals surface area contributed by atoms with Gasteiger partial charge >= 0.3 is 12.3 Å². The Hall–Kier alpha value is -2.12. The van der Waals surface area contributed by atoms with Crippen LogP contribution in [0.2, 0.25) is 0 Å². The lowest BCUT2D eigenvalue weighted by Gasteiger charge is -2.16. The second-order valence-electron chi connectivity index (χ2n) is 3.59. The van der Waals surface area contributed by atoms with E-state index >= 15 is 0 Å². The van der Waals surface area contributed by atoms with Crippen LogP contribution in [-0.4, -0.2) is 34.2 Å². The van der Waals surface area contributed by atoms with Crippen LogP contribution in [0.5, 0.6) is 5.75 Å². The predicted octanol–water partition coefficient (Wildman–Crippen LogP) is 2.70. The molecule has 0 fully saturated rings. The number of aromatic hydroxyl groups is 1. The van der Waals surface area contributed by atoms with Gasteiger partial charge in [-0.3, -0.25) is 4.79 Å². The maximum Gasteiger partial charge on any atom is 0.348 e.